The summed E-state index contributed by atoms with van der Waals surface area (Å²) in [4.78, 5) is 12.7. The predicted molar refractivity (Wildman–Crippen MR) is 83.7 cm³/mol. The fraction of sp³-hybridized carbons (Fsp3) is 0.786. The molecule has 0 radical (unpaired) electrons. The third-order valence-electron chi connectivity index (χ3n) is 2.92. The average Bonchev–Trinajstić information content (AvgIpc) is 2.42. The van der Waals surface area contributed by atoms with Crippen molar-refractivity contribution in [3.05, 3.63) is 0 Å². The normalized spacial score (nSPS) is 11.6. The highest BCUT2D eigenvalue weighted by Crippen LogP contribution is 2.22. The van der Waals surface area contributed by atoms with Crippen LogP contribution in [0.15, 0.2) is 0 Å². The van der Waals surface area contributed by atoms with E-state index in [1.54, 1.807) is 7.05 Å². The first-order valence-corrected chi connectivity index (χ1v) is 7.31. The summed E-state index contributed by atoms with van der Waals surface area (Å²) >= 11 is 0. The zero-order valence-electron chi connectivity index (χ0n) is 13.6. The third kappa shape index (κ3) is 6.57. The van der Waals surface area contributed by atoms with Crippen LogP contribution < -0.4 is 15.4 Å². The number of hydrogen-bond donors (Lipinski definition) is 3. The summed E-state index contributed by atoms with van der Waals surface area (Å²) in [5, 5.41) is 15.0. The predicted octanol–water partition coefficient (Wildman–Crippen LogP) is 1.91. The van der Waals surface area contributed by atoms with E-state index in [-0.39, 0.29) is 18.1 Å². The minimum atomic E-state index is 0.00551. The Kier molecular flexibility index (Phi) is 6.61. The van der Waals surface area contributed by atoms with Crippen molar-refractivity contribution in [3.8, 4) is 6.01 Å². The maximum atomic E-state index is 8.93. The molecule has 0 bridgehead atoms. The van der Waals surface area contributed by atoms with Gasteiger partial charge in [0.2, 0.25) is 11.9 Å². The van der Waals surface area contributed by atoms with Crippen molar-refractivity contribution in [2.45, 2.75) is 46.6 Å². The fourth-order valence-corrected chi connectivity index (χ4v) is 1.78. The topological polar surface area (TPSA) is 92.2 Å². The van der Waals surface area contributed by atoms with Gasteiger partial charge in [-0.25, -0.2) is 0 Å². The first-order chi connectivity index (χ1) is 9.86. The summed E-state index contributed by atoms with van der Waals surface area (Å²) in [5.41, 5.74) is 0.0498. The van der Waals surface area contributed by atoms with E-state index < -0.39 is 0 Å². The van der Waals surface area contributed by atoms with E-state index >= 15 is 0 Å². The molecule has 0 fully saturated rings. The molecule has 0 saturated heterocycles. The molecule has 120 valence electrons. The molecule has 7 nitrogen and oxygen atoms in total. The third-order valence-corrected chi connectivity index (χ3v) is 2.92. The standard InChI is InChI=1S/C14H27N5O2/c1-10(2)21-13-18-11(15-5)17-12(19-13)16-9-14(3,4)7-6-8-20/h10,20H,6-9H2,1-5H3,(H2,15,16,17,18,19). The van der Waals surface area contributed by atoms with Gasteiger partial charge in [0.15, 0.2) is 0 Å². The molecular formula is C14H27N5O2. The monoisotopic (exact) mass is 297 g/mol. The van der Waals surface area contributed by atoms with Crippen molar-refractivity contribution >= 4 is 11.9 Å². The smallest absolute Gasteiger partial charge is 0.323 e. The molecule has 3 N–H and O–H groups in total. The van der Waals surface area contributed by atoms with Crippen LogP contribution in [0.2, 0.25) is 0 Å². The maximum absolute atomic E-state index is 8.93. The van der Waals surface area contributed by atoms with Crippen LogP contribution in [0.5, 0.6) is 6.01 Å². The van der Waals surface area contributed by atoms with E-state index in [9.17, 15) is 0 Å². The maximum Gasteiger partial charge on any atom is 0.323 e. The summed E-state index contributed by atoms with van der Waals surface area (Å²) < 4.78 is 5.52. The van der Waals surface area contributed by atoms with Gasteiger partial charge in [-0.1, -0.05) is 13.8 Å². The van der Waals surface area contributed by atoms with Crippen molar-refractivity contribution < 1.29 is 9.84 Å². The lowest BCUT2D eigenvalue weighted by Crippen LogP contribution is -2.24. The van der Waals surface area contributed by atoms with Crippen LogP contribution in [0, 0.1) is 5.41 Å². The molecule has 0 amide bonds. The van der Waals surface area contributed by atoms with Gasteiger partial charge in [0, 0.05) is 20.2 Å². The van der Waals surface area contributed by atoms with Crippen LogP contribution in [0.4, 0.5) is 11.9 Å². The van der Waals surface area contributed by atoms with Crippen molar-refractivity contribution in [2.24, 2.45) is 5.41 Å². The number of aliphatic hydroxyl groups is 1. The van der Waals surface area contributed by atoms with Gasteiger partial charge in [0.1, 0.15) is 0 Å². The number of anilines is 2. The van der Waals surface area contributed by atoms with E-state index in [0.717, 1.165) is 12.8 Å². The van der Waals surface area contributed by atoms with Crippen LogP contribution in [0.25, 0.3) is 0 Å². The Morgan fingerprint density at radius 1 is 1.19 bits per heavy atom. The molecule has 0 aliphatic rings. The molecule has 1 aromatic heterocycles. The van der Waals surface area contributed by atoms with Gasteiger partial charge < -0.3 is 20.5 Å². The Labute approximate surface area is 126 Å². The SMILES string of the molecule is CNc1nc(NCC(C)(C)CCCO)nc(OC(C)C)n1. The largest absolute Gasteiger partial charge is 0.461 e. The number of nitrogens with one attached hydrogen (secondary N) is 2. The summed E-state index contributed by atoms with van der Waals surface area (Å²) in [7, 11) is 1.75. The van der Waals surface area contributed by atoms with Gasteiger partial charge in [-0.3, -0.25) is 0 Å². The van der Waals surface area contributed by atoms with Crippen LogP contribution in [-0.4, -0.2) is 46.4 Å². The summed E-state index contributed by atoms with van der Waals surface area (Å²) in [5.74, 6) is 0.957. The number of nitrogens with zero attached hydrogens (tertiary/aromatic N) is 3. The number of ether oxygens (including phenoxy) is 1. The lowest BCUT2D eigenvalue weighted by atomic mass is 9.88. The zero-order chi connectivity index (χ0) is 15.9. The number of aromatic nitrogens is 3. The summed E-state index contributed by atoms with van der Waals surface area (Å²) in [6.45, 7) is 9.05. The summed E-state index contributed by atoms with van der Waals surface area (Å²) in [6, 6.07) is 0.306. The Balaban J connectivity index is 2.73. The molecule has 1 aromatic rings. The molecule has 0 spiro atoms. The molecule has 0 unspecified atom stereocenters. The molecule has 21 heavy (non-hydrogen) atoms. The summed E-state index contributed by atoms with van der Waals surface area (Å²) in [6.07, 6.45) is 1.72. The lowest BCUT2D eigenvalue weighted by Gasteiger charge is -2.24. The molecular weight excluding hydrogens is 270 g/mol. The van der Waals surface area contributed by atoms with E-state index in [4.69, 9.17) is 9.84 Å². The van der Waals surface area contributed by atoms with Gasteiger partial charge in [0.25, 0.3) is 0 Å². The molecule has 1 heterocycles. The highest BCUT2D eigenvalue weighted by Gasteiger charge is 2.18. The van der Waals surface area contributed by atoms with Crippen LogP contribution in [0.1, 0.15) is 40.5 Å². The fourth-order valence-electron chi connectivity index (χ4n) is 1.78. The van der Waals surface area contributed by atoms with E-state index in [1.807, 2.05) is 13.8 Å². The Morgan fingerprint density at radius 2 is 1.86 bits per heavy atom. The Hall–Kier alpha value is -1.63. The van der Waals surface area contributed by atoms with Crippen LogP contribution in [0.3, 0.4) is 0 Å². The van der Waals surface area contributed by atoms with Gasteiger partial charge in [0.05, 0.1) is 6.10 Å². The quantitative estimate of drug-likeness (QED) is 0.641. The minimum absolute atomic E-state index is 0.00551. The van der Waals surface area contributed by atoms with Gasteiger partial charge in [-0.15, -0.1) is 0 Å². The molecule has 7 heteroatoms. The van der Waals surface area contributed by atoms with E-state index in [1.165, 1.54) is 0 Å². The second kappa shape index (κ2) is 7.97. The van der Waals surface area contributed by atoms with E-state index in [0.29, 0.717) is 24.5 Å². The van der Waals surface area contributed by atoms with Crippen molar-refractivity contribution in [1.29, 1.82) is 0 Å². The zero-order valence-corrected chi connectivity index (χ0v) is 13.6. The van der Waals surface area contributed by atoms with E-state index in [2.05, 4.69) is 39.4 Å². The minimum Gasteiger partial charge on any atom is -0.461 e. The number of rotatable bonds is 9. The number of aliphatic hydroxyl groups excluding tert-OH is 1. The van der Waals surface area contributed by atoms with Gasteiger partial charge in [-0.2, -0.15) is 15.0 Å². The second-order valence-electron chi connectivity index (χ2n) is 6.03. The number of hydrogen-bond acceptors (Lipinski definition) is 7. The Morgan fingerprint density at radius 3 is 2.43 bits per heavy atom. The molecule has 0 aliphatic heterocycles. The highest BCUT2D eigenvalue weighted by atomic mass is 16.5. The molecule has 0 aromatic carbocycles. The molecule has 0 aliphatic carbocycles. The first-order valence-electron chi connectivity index (χ1n) is 7.31. The molecule has 1 rings (SSSR count). The van der Waals surface area contributed by atoms with Crippen molar-refractivity contribution in [2.75, 3.05) is 30.8 Å². The van der Waals surface area contributed by atoms with Gasteiger partial charge in [-0.05, 0) is 32.1 Å². The average molecular weight is 297 g/mol. The first kappa shape index (κ1) is 17.4. The lowest BCUT2D eigenvalue weighted by molar-refractivity contribution is 0.222. The highest BCUT2D eigenvalue weighted by molar-refractivity contribution is 5.35. The Bertz CT molecular complexity index is 437. The van der Waals surface area contributed by atoms with Crippen molar-refractivity contribution in [1.82, 2.24) is 15.0 Å². The second-order valence-corrected chi connectivity index (χ2v) is 6.03. The van der Waals surface area contributed by atoms with Crippen molar-refractivity contribution in [3.63, 3.8) is 0 Å². The van der Waals surface area contributed by atoms with Gasteiger partial charge >= 0.3 is 6.01 Å². The van der Waals surface area contributed by atoms with Crippen LogP contribution in [-0.2, 0) is 0 Å². The van der Waals surface area contributed by atoms with Crippen LogP contribution >= 0.6 is 0 Å². The molecule has 0 atom stereocenters. The molecule has 0 saturated carbocycles.